The van der Waals surface area contributed by atoms with Gasteiger partial charge in [0.15, 0.2) is 0 Å². The van der Waals surface area contributed by atoms with Crippen LogP contribution in [0.2, 0.25) is 0 Å². The van der Waals surface area contributed by atoms with Crippen LogP contribution >= 0.6 is 11.3 Å². The van der Waals surface area contributed by atoms with Crippen LogP contribution in [0.4, 0.5) is 5.69 Å². The van der Waals surface area contributed by atoms with Gasteiger partial charge in [-0.25, -0.2) is 9.61 Å². The molecule has 1 aliphatic rings. The van der Waals surface area contributed by atoms with Gasteiger partial charge >= 0.3 is 0 Å². The molecule has 2 aromatic carbocycles. The van der Waals surface area contributed by atoms with Gasteiger partial charge in [0.1, 0.15) is 11.0 Å². The van der Waals surface area contributed by atoms with Crippen molar-refractivity contribution in [2.24, 2.45) is 5.92 Å². The van der Waals surface area contributed by atoms with E-state index in [4.69, 9.17) is 4.63 Å². The number of hydrogen-bond acceptors (Lipinski definition) is 7. The molecule has 1 fully saturated rings. The molecule has 0 atom stereocenters. The minimum Gasteiger partial charge on any atom is -0.326 e. The summed E-state index contributed by atoms with van der Waals surface area (Å²) in [7, 11) is 0. The highest BCUT2D eigenvalue weighted by atomic mass is 32.1. The Balaban J connectivity index is 1.16. The predicted molar refractivity (Wildman–Crippen MR) is 116 cm³/mol. The number of anilines is 1. The molecule has 1 aliphatic heterocycles. The molecule has 4 aromatic rings. The second kappa shape index (κ2) is 8.33. The SMILES string of the molecule is O=C(Nc1cccc(-c2cscn2)c1)C1CCN(Cc2ccc3nonc3c2)CC1. The molecule has 0 unspecified atom stereocenters. The van der Waals surface area contributed by atoms with E-state index in [1.54, 1.807) is 11.3 Å². The Morgan fingerprint density at radius 1 is 1.13 bits per heavy atom. The smallest absolute Gasteiger partial charge is 0.227 e. The summed E-state index contributed by atoms with van der Waals surface area (Å²) >= 11 is 1.56. The van der Waals surface area contributed by atoms with Crippen LogP contribution in [0, 0.1) is 5.92 Å². The van der Waals surface area contributed by atoms with Crippen molar-refractivity contribution < 1.29 is 9.42 Å². The maximum atomic E-state index is 12.8. The lowest BCUT2D eigenvalue weighted by Crippen LogP contribution is -2.37. The number of rotatable bonds is 5. The molecule has 3 heterocycles. The Hall–Kier alpha value is -3.10. The molecule has 8 heteroatoms. The molecule has 152 valence electrons. The first-order valence-corrected chi connectivity index (χ1v) is 10.9. The molecule has 0 aliphatic carbocycles. The van der Waals surface area contributed by atoms with Crippen LogP contribution in [0.3, 0.4) is 0 Å². The summed E-state index contributed by atoms with van der Waals surface area (Å²) in [5.74, 6) is 0.131. The Kier molecular flexibility index (Phi) is 5.25. The molecular weight excluding hydrogens is 398 g/mol. The molecule has 7 nitrogen and oxygen atoms in total. The summed E-state index contributed by atoms with van der Waals surface area (Å²) in [5, 5.41) is 12.8. The van der Waals surface area contributed by atoms with Crippen LogP contribution < -0.4 is 5.32 Å². The van der Waals surface area contributed by atoms with E-state index in [-0.39, 0.29) is 11.8 Å². The summed E-state index contributed by atoms with van der Waals surface area (Å²) < 4.78 is 4.77. The predicted octanol–water partition coefficient (Wildman–Crippen LogP) is 4.20. The van der Waals surface area contributed by atoms with Crippen molar-refractivity contribution in [1.82, 2.24) is 20.2 Å². The molecule has 0 saturated carbocycles. The van der Waals surface area contributed by atoms with E-state index in [1.165, 1.54) is 5.56 Å². The highest BCUT2D eigenvalue weighted by Crippen LogP contribution is 2.25. The minimum atomic E-state index is 0.0337. The zero-order valence-electron chi connectivity index (χ0n) is 16.3. The number of carbonyl (C=O) groups is 1. The highest BCUT2D eigenvalue weighted by molar-refractivity contribution is 7.07. The highest BCUT2D eigenvalue weighted by Gasteiger charge is 2.25. The fourth-order valence-corrected chi connectivity index (χ4v) is 4.45. The monoisotopic (exact) mass is 419 g/mol. The lowest BCUT2D eigenvalue weighted by atomic mass is 9.95. The van der Waals surface area contributed by atoms with Gasteiger partial charge in [-0.2, -0.15) is 0 Å². The van der Waals surface area contributed by atoms with Crippen LogP contribution in [0.25, 0.3) is 22.3 Å². The summed E-state index contributed by atoms with van der Waals surface area (Å²) in [6.07, 6.45) is 1.71. The number of amides is 1. The quantitative estimate of drug-likeness (QED) is 0.522. The number of aromatic nitrogens is 3. The van der Waals surface area contributed by atoms with Gasteiger partial charge in [0.25, 0.3) is 0 Å². The number of nitrogens with zero attached hydrogens (tertiary/aromatic N) is 4. The number of hydrogen-bond donors (Lipinski definition) is 1. The number of likely N-dealkylation sites (tertiary alicyclic amines) is 1. The standard InChI is InChI=1S/C22H21N5O2S/c28-22(24-18-3-1-2-17(11-18)21-13-30-14-23-21)16-6-8-27(9-7-16)12-15-4-5-19-20(10-15)26-29-25-19/h1-5,10-11,13-14,16H,6-9,12H2,(H,24,28). The first-order chi connectivity index (χ1) is 14.7. The van der Waals surface area contributed by atoms with Crippen molar-refractivity contribution in [3.05, 3.63) is 58.9 Å². The first-order valence-electron chi connectivity index (χ1n) is 9.98. The average Bonchev–Trinajstić information content (AvgIpc) is 3.46. The Morgan fingerprint density at radius 3 is 2.83 bits per heavy atom. The Bertz CT molecular complexity index is 1150. The molecule has 2 aromatic heterocycles. The van der Waals surface area contributed by atoms with E-state index in [1.807, 2.05) is 47.3 Å². The van der Waals surface area contributed by atoms with Crippen molar-refractivity contribution in [2.45, 2.75) is 19.4 Å². The molecule has 1 saturated heterocycles. The van der Waals surface area contributed by atoms with Gasteiger partial charge in [0.05, 0.1) is 11.2 Å². The third-order valence-corrected chi connectivity index (χ3v) is 6.13. The van der Waals surface area contributed by atoms with Crippen LogP contribution in [-0.4, -0.2) is 39.2 Å². The van der Waals surface area contributed by atoms with E-state index in [0.29, 0.717) is 0 Å². The molecule has 5 rings (SSSR count). The number of benzene rings is 2. The molecular formula is C22H21N5O2S. The van der Waals surface area contributed by atoms with Gasteiger partial charge in [-0.15, -0.1) is 11.3 Å². The number of fused-ring (bicyclic) bond motifs is 1. The third kappa shape index (κ3) is 4.10. The maximum absolute atomic E-state index is 12.8. The van der Waals surface area contributed by atoms with E-state index >= 15 is 0 Å². The summed E-state index contributed by atoms with van der Waals surface area (Å²) in [4.78, 5) is 19.5. The van der Waals surface area contributed by atoms with Gasteiger partial charge in [-0.05, 0) is 66.1 Å². The van der Waals surface area contributed by atoms with E-state index in [2.05, 4.69) is 31.6 Å². The van der Waals surface area contributed by atoms with E-state index < -0.39 is 0 Å². The van der Waals surface area contributed by atoms with Crippen LogP contribution in [0.15, 0.2) is 58.0 Å². The van der Waals surface area contributed by atoms with Gasteiger partial charge < -0.3 is 5.32 Å². The normalized spacial score (nSPS) is 15.5. The fourth-order valence-electron chi connectivity index (χ4n) is 3.89. The Labute approximate surface area is 177 Å². The fraction of sp³-hybridized carbons (Fsp3) is 0.273. The molecule has 0 spiro atoms. The summed E-state index contributed by atoms with van der Waals surface area (Å²) in [5.41, 5.74) is 7.32. The van der Waals surface area contributed by atoms with Gasteiger partial charge in [-0.3, -0.25) is 9.69 Å². The Morgan fingerprint density at radius 2 is 2.00 bits per heavy atom. The lowest BCUT2D eigenvalue weighted by Gasteiger charge is -2.31. The van der Waals surface area contributed by atoms with Crippen molar-refractivity contribution in [3.8, 4) is 11.3 Å². The second-order valence-corrected chi connectivity index (χ2v) is 8.30. The maximum Gasteiger partial charge on any atom is 0.227 e. The topological polar surface area (TPSA) is 84.2 Å². The summed E-state index contributed by atoms with van der Waals surface area (Å²) in [6.45, 7) is 2.63. The van der Waals surface area contributed by atoms with Crippen molar-refractivity contribution in [3.63, 3.8) is 0 Å². The number of piperidine rings is 1. The molecule has 0 radical (unpaired) electrons. The van der Waals surface area contributed by atoms with Crippen LogP contribution in [0.5, 0.6) is 0 Å². The number of nitrogens with one attached hydrogen (secondary N) is 1. The molecule has 1 N–H and O–H groups in total. The number of carbonyl (C=O) groups excluding carboxylic acids is 1. The third-order valence-electron chi connectivity index (χ3n) is 5.54. The average molecular weight is 420 g/mol. The van der Waals surface area contributed by atoms with Crippen molar-refractivity contribution >= 4 is 34.0 Å². The zero-order chi connectivity index (χ0) is 20.3. The van der Waals surface area contributed by atoms with E-state index in [9.17, 15) is 4.79 Å². The molecule has 30 heavy (non-hydrogen) atoms. The van der Waals surface area contributed by atoms with Gasteiger partial charge in [0, 0.05) is 29.1 Å². The van der Waals surface area contributed by atoms with Crippen LogP contribution in [-0.2, 0) is 11.3 Å². The number of thiazole rings is 1. The molecule has 0 bridgehead atoms. The van der Waals surface area contributed by atoms with Crippen molar-refractivity contribution in [2.75, 3.05) is 18.4 Å². The van der Waals surface area contributed by atoms with E-state index in [0.717, 1.165) is 60.5 Å². The lowest BCUT2D eigenvalue weighted by molar-refractivity contribution is -0.121. The largest absolute Gasteiger partial charge is 0.326 e. The van der Waals surface area contributed by atoms with Gasteiger partial charge in [0.2, 0.25) is 5.91 Å². The van der Waals surface area contributed by atoms with Crippen LogP contribution in [0.1, 0.15) is 18.4 Å². The van der Waals surface area contributed by atoms with Crippen molar-refractivity contribution in [1.29, 1.82) is 0 Å². The van der Waals surface area contributed by atoms with Gasteiger partial charge in [-0.1, -0.05) is 18.2 Å². The second-order valence-electron chi connectivity index (χ2n) is 7.58. The zero-order valence-corrected chi connectivity index (χ0v) is 17.1. The summed E-state index contributed by atoms with van der Waals surface area (Å²) in [6, 6.07) is 13.9. The molecule has 1 amide bonds. The minimum absolute atomic E-state index is 0.0337. The first kappa shape index (κ1) is 18.9.